The van der Waals surface area contributed by atoms with E-state index in [4.69, 9.17) is 16.7 Å². The molecule has 0 N–H and O–H groups in total. The molecule has 1 unspecified atom stereocenters. The predicted molar refractivity (Wildman–Crippen MR) is 132 cm³/mol. The van der Waals surface area contributed by atoms with Gasteiger partial charge < -0.3 is 0 Å². The number of rotatable bonds is 5. The minimum Gasteiger partial charge on any atom is -0.263 e. The van der Waals surface area contributed by atoms with Crippen molar-refractivity contribution in [3.63, 3.8) is 0 Å². The highest BCUT2D eigenvalue weighted by atomic mass is 35.5. The molecule has 6 nitrogen and oxygen atoms in total. The van der Waals surface area contributed by atoms with Gasteiger partial charge in [-0.2, -0.15) is 5.10 Å². The van der Waals surface area contributed by atoms with Gasteiger partial charge in [0.2, 0.25) is 5.95 Å². The fourth-order valence-electron chi connectivity index (χ4n) is 4.15. The number of aryl methyl sites for hydroxylation is 1. The lowest BCUT2D eigenvalue weighted by atomic mass is 9.90. The Labute approximate surface area is 197 Å². The average Bonchev–Trinajstić information content (AvgIpc) is 3.39. The zero-order valence-corrected chi connectivity index (χ0v) is 19.3. The number of hydrogen-bond acceptors (Lipinski definition) is 4. The molecule has 5 rings (SSSR count). The second kappa shape index (κ2) is 8.71. The van der Waals surface area contributed by atoms with Gasteiger partial charge in [-0.05, 0) is 29.7 Å². The molecule has 1 atom stereocenters. The molecule has 2 heterocycles. The maximum atomic E-state index is 12.9. The van der Waals surface area contributed by atoms with E-state index in [-0.39, 0.29) is 11.6 Å². The minimum atomic E-state index is -0.208. The van der Waals surface area contributed by atoms with Crippen LogP contribution in [0, 0.1) is 6.92 Å². The van der Waals surface area contributed by atoms with Crippen LogP contribution in [-0.2, 0) is 13.6 Å². The van der Waals surface area contributed by atoms with Gasteiger partial charge in [0.15, 0.2) is 0 Å². The monoisotopic (exact) mass is 457 g/mol. The molecule has 166 valence electrons. The smallest absolute Gasteiger partial charge is 0.263 e. The first-order valence-electron chi connectivity index (χ1n) is 10.9. The van der Waals surface area contributed by atoms with Gasteiger partial charge in [0.05, 0.1) is 18.8 Å². The fraction of sp³-hybridized carbons (Fsp3) is 0.192. The molecule has 0 aliphatic carbocycles. The van der Waals surface area contributed by atoms with Gasteiger partial charge in [-0.3, -0.25) is 4.57 Å². The Morgan fingerprint density at radius 2 is 1.67 bits per heavy atom. The van der Waals surface area contributed by atoms with Crippen LogP contribution in [0.3, 0.4) is 0 Å². The highest BCUT2D eigenvalue weighted by molar-refractivity contribution is 6.31. The summed E-state index contributed by atoms with van der Waals surface area (Å²) in [6.07, 6.45) is 0. The predicted octanol–water partition coefficient (Wildman–Crippen LogP) is 4.60. The number of hydrogen-bond donors (Lipinski definition) is 0. The third-order valence-electron chi connectivity index (χ3n) is 5.99. The molecular formula is C26H24ClN5O. The summed E-state index contributed by atoms with van der Waals surface area (Å²) in [5.74, 6) is 0.577. The van der Waals surface area contributed by atoms with E-state index in [1.807, 2.05) is 47.5 Å². The van der Waals surface area contributed by atoms with Gasteiger partial charge >= 0.3 is 5.69 Å². The molecule has 1 aliphatic heterocycles. The Balaban J connectivity index is 1.53. The van der Waals surface area contributed by atoms with Crippen molar-refractivity contribution >= 4 is 23.3 Å². The van der Waals surface area contributed by atoms with E-state index in [9.17, 15) is 4.79 Å². The van der Waals surface area contributed by atoms with E-state index in [0.29, 0.717) is 24.1 Å². The van der Waals surface area contributed by atoms with Gasteiger partial charge in [0.1, 0.15) is 0 Å². The van der Waals surface area contributed by atoms with Gasteiger partial charge in [-0.1, -0.05) is 90.0 Å². The molecule has 0 fully saturated rings. The standard InChI is InChI=1S/C26H24ClN5O/c1-18-12-14-20(15-13-18)24-22(19-8-4-3-5-9-19)17-31(28-24)25-29-32(26(33)30(25)2)16-21-10-6-7-11-23(21)27/h3-15,22H,16-17H2,1-2H3. The molecule has 33 heavy (non-hydrogen) atoms. The quantitative estimate of drug-likeness (QED) is 0.440. The van der Waals surface area contributed by atoms with Crippen LogP contribution < -0.4 is 10.7 Å². The number of aromatic nitrogens is 3. The van der Waals surface area contributed by atoms with Gasteiger partial charge in [-0.15, -0.1) is 5.10 Å². The summed E-state index contributed by atoms with van der Waals surface area (Å²) in [4.78, 5) is 12.9. The number of nitrogens with zero attached hydrogens (tertiary/aromatic N) is 5. The number of anilines is 1. The normalized spacial score (nSPS) is 15.7. The molecule has 0 amide bonds. The van der Waals surface area contributed by atoms with E-state index < -0.39 is 0 Å². The summed E-state index contributed by atoms with van der Waals surface area (Å²) >= 11 is 6.30. The molecule has 0 radical (unpaired) electrons. The van der Waals surface area contributed by atoms with Gasteiger partial charge in [0, 0.05) is 18.0 Å². The molecule has 3 aromatic carbocycles. The third-order valence-corrected chi connectivity index (χ3v) is 6.36. The van der Waals surface area contributed by atoms with E-state index in [0.717, 1.165) is 16.8 Å². The Hall–Kier alpha value is -3.64. The highest BCUT2D eigenvalue weighted by Crippen LogP contribution is 2.31. The molecular weight excluding hydrogens is 434 g/mol. The largest absolute Gasteiger partial charge is 0.347 e. The van der Waals surface area contributed by atoms with E-state index in [1.54, 1.807) is 11.6 Å². The lowest BCUT2D eigenvalue weighted by Crippen LogP contribution is -2.25. The number of halogens is 1. The van der Waals surface area contributed by atoms with Crippen molar-refractivity contribution in [3.8, 4) is 0 Å². The third kappa shape index (κ3) is 4.10. The highest BCUT2D eigenvalue weighted by Gasteiger charge is 2.32. The van der Waals surface area contributed by atoms with Gasteiger partial charge in [0.25, 0.3) is 0 Å². The summed E-state index contributed by atoms with van der Waals surface area (Å²) in [6, 6.07) is 26.2. The molecule has 7 heteroatoms. The summed E-state index contributed by atoms with van der Waals surface area (Å²) in [7, 11) is 1.73. The lowest BCUT2D eigenvalue weighted by Gasteiger charge is -2.15. The van der Waals surface area contributed by atoms with Crippen molar-refractivity contribution in [2.75, 3.05) is 11.6 Å². The van der Waals surface area contributed by atoms with E-state index in [1.165, 1.54) is 15.8 Å². The van der Waals surface area contributed by atoms with Crippen LogP contribution >= 0.6 is 11.6 Å². The fourth-order valence-corrected chi connectivity index (χ4v) is 4.35. The zero-order chi connectivity index (χ0) is 22.9. The maximum absolute atomic E-state index is 12.9. The zero-order valence-electron chi connectivity index (χ0n) is 18.5. The first-order chi connectivity index (χ1) is 16.0. The van der Waals surface area contributed by atoms with Crippen molar-refractivity contribution < 1.29 is 0 Å². The van der Waals surface area contributed by atoms with Crippen LogP contribution in [0.5, 0.6) is 0 Å². The molecule has 0 spiro atoms. The van der Waals surface area contributed by atoms with Crippen molar-refractivity contribution in [1.29, 1.82) is 0 Å². The Morgan fingerprint density at radius 3 is 2.39 bits per heavy atom. The Morgan fingerprint density at radius 1 is 0.970 bits per heavy atom. The van der Waals surface area contributed by atoms with Crippen LogP contribution in [0.1, 0.15) is 28.2 Å². The lowest BCUT2D eigenvalue weighted by molar-refractivity contribution is 0.646. The summed E-state index contributed by atoms with van der Waals surface area (Å²) in [5, 5.41) is 12.0. The summed E-state index contributed by atoms with van der Waals surface area (Å²) < 4.78 is 2.98. The number of hydrazone groups is 1. The Bertz CT molecular complexity index is 1370. The van der Waals surface area contributed by atoms with Crippen LogP contribution in [0.25, 0.3) is 0 Å². The molecule has 0 saturated carbocycles. The van der Waals surface area contributed by atoms with Crippen LogP contribution in [0.2, 0.25) is 5.02 Å². The molecule has 1 aromatic heterocycles. The van der Waals surface area contributed by atoms with Gasteiger partial charge in [-0.25, -0.2) is 14.5 Å². The molecule has 1 aliphatic rings. The van der Waals surface area contributed by atoms with Crippen molar-refractivity contribution in [3.05, 3.63) is 117 Å². The van der Waals surface area contributed by atoms with Crippen molar-refractivity contribution in [2.45, 2.75) is 19.4 Å². The molecule has 0 bridgehead atoms. The maximum Gasteiger partial charge on any atom is 0.347 e. The van der Waals surface area contributed by atoms with Crippen LogP contribution in [0.15, 0.2) is 88.8 Å². The Kier molecular flexibility index (Phi) is 5.60. The van der Waals surface area contributed by atoms with Crippen LogP contribution in [0.4, 0.5) is 5.95 Å². The minimum absolute atomic E-state index is 0.0673. The van der Waals surface area contributed by atoms with Crippen molar-refractivity contribution in [2.24, 2.45) is 12.1 Å². The van der Waals surface area contributed by atoms with E-state index in [2.05, 4.69) is 48.4 Å². The second-order valence-electron chi connectivity index (χ2n) is 8.29. The summed E-state index contributed by atoms with van der Waals surface area (Å²) in [6.45, 7) is 2.98. The summed E-state index contributed by atoms with van der Waals surface area (Å²) in [5.41, 5.74) is 5.05. The van der Waals surface area contributed by atoms with Crippen molar-refractivity contribution in [1.82, 2.24) is 14.3 Å². The molecule has 0 saturated heterocycles. The molecule has 4 aromatic rings. The topological polar surface area (TPSA) is 55.4 Å². The SMILES string of the molecule is Cc1ccc(C2=NN(c3nn(Cc4ccccc4Cl)c(=O)n3C)CC2c2ccccc2)cc1. The van der Waals surface area contributed by atoms with Crippen LogP contribution in [-0.4, -0.2) is 26.6 Å². The second-order valence-corrected chi connectivity index (χ2v) is 8.69. The number of benzene rings is 3. The first kappa shape index (κ1) is 21.2. The first-order valence-corrected chi connectivity index (χ1v) is 11.2. The van der Waals surface area contributed by atoms with E-state index >= 15 is 0 Å². The average molecular weight is 458 g/mol.